The van der Waals surface area contributed by atoms with Crippen molar-refractivity contribution in [2.45, 2.75) is 36.9 Å². The van der Waals surface area contributed by atoms with Crippen molar-refractivity contribution in [2.24, 2.45) is 11.8 Å². The summed E-state index contributed by atoms with van der Waals surface area (Å²) in [6.45, 7) is 0. The molecule has 0 amide bonds. The van der Waals surface area contributed by atoms with E-state index in [1.54, 1.807) is 12.2 Å². The van der Waals surface area contributed by atoms with Gasteiger partial charge in [-0.15, -0.1) is 0 Å². The summed E-state index contributed by atoms with van der Waals surface area (Å²) in [6, 6.07) is 11.7. The highest BCUT2D eigenvalue weighted by Gasteiger charge is 2.59. The Bertz CT molecular complexity index is 820. The Balaban J connectivity index is 1.66. The van der Waals surface area contributed by atoms with Gasteiger partial charge in [-0.2, -0.15) is 0 Å². The van der Waals surface area contributed by atoms with Crippen LogP contribution in [0.1, 0.15) is 12.8 Å². The van der Waals surface area contributed by atoms with E-state index in [1.165, 1.54) is 0 Å². The second-order valence-electron chi connectivity index (χ2n) is 7.20. The lowest BCUT2D eigenvalue weighted by molar-refractivity contribution is -0.244. The second kappa shape index (κ2) is 5.21. The van der Waals surface area contributed by atoms with Gasteiger partial charge >= 0.3 is 0 Å². The molecular weight excluding hydrogens is 320 g/mol. The van der Waals surface area contributed by atoms with Gasteiger partial charge in [-0.25, -0.2) is 0 Å². The molecule has 2 aliphatic carbocycles. The second-order valence-corrected chi connectivity index (χ2v) is 7.20. The van der Waals surface area contributed by atoms with Gasteiger partial charge < -0.3 is 24.8 Å². The number of rotatable bonds is 0. The Morgan fingerprint density at radius 1 is 0.880 bits per heavy atom. The van der Waals surface area contributed by atoms with E-state index in [0.29, 0.717) is 24.3 Å². The molecule has 1 aliphatic heterocycles. The minimum Gasteiger partial charge on any atom is -0.451 e. The molecule has 0 bridgehead atoms. The van der Waals surface area contributed by atoms with Gasteiger partial charge in [0.2, 0.25) is 0 Å². The molecule has 5 atom stereocenters. The lowest BCUT2D eigenvalue weighted by Gasteiger charge is -2.53. The molecule has 0 aromatic heterocycles. The summed E-state index contributed by atoms with van der Waals surface area (Å²) in [5, 5.41) is 33.4. The molecule has 1 spiro atoms. The average molecular weight is 340 g/mol. The predicted octanol–water partition coefficient (Wildman–Crippen LogP) is 1.99. The lowest BCUT2D eigenvalue weighted by atomic mass is 9.65. The predicted molar refractivity (Wildman–Crippen MR) is 91.3 cm³/mol. The van der Waals surface area contributed by atoms with Crippen molar-refractivity contribution in [2.75, 3.05) is 0 Å². The van der Waals surface area contributed by atoms with Crippen molar-refractivity contribution >= 4 is 10.8 Å². The first-order valence-electron chi connectivity index (χ1n) is 8.71. The zero-order valence-corrected chi connectivity index (χ0v) is 13.6. The molecule has 5 heteroatoms. The van der Waals surface area contributed by atoms with Gasteiger partial charge in [-0.05, 0) is 23.9 Å². The molecule has 0 saturated heterocycles. The maximum absolute atomic E-state index is 10.6. The highest BCUT2D eigenvalue weighted by atomic mass is 16.7. The number of ether oxygens (including phenoxy) is 2. The van der Waals surface area contributed by atoms with Gasteiger partial charge in [-0.1, -0.05) is 36.4 Å². The van der Waals surface area contributed by atoms with Crippen LogP contribution in [0.15, 0.2) is 48.6 Å². The summed E-state index contributed by atoms with van der Waals surface area (Å²) in [4.78, 5) is 0. The summed E-state index contributed by atoms with van der Waals surface area (Å²) >= 11 is 0. The van der Waals surface area contributed by atoms with Gasteiger partial charge in [0.05, 0.1) is 29.6 Å². The molecule has 1 fully saturated rings. The summed E-state index contributed by atoms with van der Waals surface area (Å²) in [5.74, 6) is -0.757. The smallest absolute Gasteiger partial charge is 0.257 e. The molecule has 5 nitrogen and oxygen atoms in total. The molecule has 1 saturated carbocycles. The van der Waals surface area contributed by atoms with Crippen molar-refractivity contribution in [3.8, 4) is 11.5 Å². The molecular formula is C20H20O5. The molecule has 130 valence electrons. The number of hydrogen-bond donors (Lipinski definition) is 3. The Kier molecular flexibility index (Phi) is 3.17. The van der Waals surface area contributed by atoms with E-state index in [9.17, 15) is 15.3 Å². The van der Waals surface area contributed by atoms with E-state index in [0.717, 1.165) is 10.8 Å². The first-order valence-corrected chi connectivity index (χ1v) is 8.71. The van der Waals surface area contributed by atoms with E-state index in [-0.39, 0.29) is 0 Å². The quantitative estimate of drug-likeness (QED) is 0.639. The number of aliphatic hydroxyl groups is 3. The van der Waals surface area contributed by atoms with Crippen molar-refractivity contribution in [1.29, 1.82) is 0 Å². The van der Waals surface area contributed by atoms with Crippen LogP contribution in [0, 0.1) is 11.8 Å². The summed E-state index contributed by atoms with van der Waals surface area (Å²) in [6.07, 6.45) is 1.61. The topological polar surface area (TPSA) is 79.2 Å². The van der Waals surface area contributed by atoms with Gasteiger partial charge in [-0.3, -0.25) is 0 Å². The molecule has 2 aromatic rings. The fourth-order valence-electron chi connectivity index (χ4n) is 4.72. The highest BCUT2D eigenvalue weighted by Crippen LogP contribution is 2.52. The third-order valence-corrected chi connectivity index (χ3v) is 5.82. The van der Waals surface area contributed by atoms with Crippen LogP contribution < -0.4 is 9.47 Å². The monoisotopic (exact) mass is 340 g/mol. The summed E-state index contributed by atoms with van der Waals surface area (Å²) < 4.78 is 12.7. The SMILES string of the molecule is O[C@@H]1C=C[C@H](O)[C@@H]2[C@@H]1C1(CC[C@@H]2O)Oc2cccc3cccc(c23)O1. The standard InChI is InChI=1S/C20H20O5/c21-12-7-8-14(23)19-18(12)13(22)9-10-20(19)24-15-5-1-3-11-4-2-6-16(25-20)17(11)15/h1-8,12-14,18-19,21-23H,9-10H2/t12-,13-,14+,18-,19+/m0/s1. The zero-order valence-electron chi connectivity index (χ0n) is 13.6. The molecule has 3 N–H and O–H groups in total. The van der Waals surface area contributed by atoms with Crippen LogP contribution in [0.3, 0.4) is 0 Å². The normalized spacial score (nSPS) is 35.1. The molecule has 1 heterocycles. The third-order valence-electron chi connectivity index (χ3n) is 5.82. The van der Waals surface area contributed by atoms with Crippen LogP contribution in [0.2, 0.25) is 0 Å². The fraction of sp³-hybridized carbons (Fsp3) is 0.400. The Labute approximate surface area is 145 Å². The van der Waals surface area contributed by atoms with Crippen LogP contribution in [-0.4, -0.2) is 39.4 Å². The lowest BCUT2D eigenvalue weighted by Crippen LogP contribution is -2.64. The van der Waals surface area contributed by atoms with E-state index < -0.39 is 35.9 Å². The molecule has 3 aliphatic rings. The van der Waals surface area contributed by atoms with Crippen LogP contribution >= 0.6 is 0 Å². The Hall–Kier alpha value is -2.08. The van der Waals surface area contributed by atoms with Crippen LogP contribution in [0.4, 0.5) is 0 Å². The first-order chi connectivity index (χ1) is 12.1. The fourth-order valence-corrected chi connectivity index (χ4v) is 4.72. The maximum Gasteiger partial charge on any atom is 0.257 e. The number of fused-ring (bicyclic) bond motifs is 2. The number of aliphatic hydroxyl groups excluding tert-OH is 3. The van der Waals surface area contributed by atoms with Crippen molar-refractivity contribution < 1.29 is 24.8 Å². The van der Waals surface area contributed by atoms with Gasteiger partial charge in [0.1, 0.15) is 11.5 Å². The van der Waals surface area contributed by atoms with E-state index in [4.69, 9.17) is 9.47 Å². The van der Waals surface area contributed by atoms with E-state index in [1.807, 2.05) is 36.4 Å². The first kappa shape index (κ1) is 15.2. The van der Waals surface area contributed by atoms with Gasteiger partial charge in [0.15, 0.2) is 0 Å². The van der Waals surface area contributed by atoms with Crippen molar-refractivity contribution in [3.05, 3.63) is 48.6 Å². The largest absolute Gasteiger partial charge is 0.451 e. The van der Waals surface area contributed by atoms with E-state index >= 15 is 0 Å². The maximum atomic E-state index is 10.6. The van der Waals surface area contributed by atoms with Gasteiger partial charge in [0.25, 0.3) is 5.79 Å². The average Bonchev–Trinajstić information content (AvgIpc) is 2.61. The molecule has 0 radical (unpaired) electrons. The molecule has 5 rings (SSSR count). The molecule has 2 aromatic carbocycles. The van der Waals surface area contributed by atoms with Gasteiger partial charge in [0, 0.05) is 12.3 Å². The minimum atomic E-state index is -1.10. The van der Waals surface area contributed by atoms with Crippen LogP contribution in [0.5, 0.6) is 11.5 Å². The number of hydrogen-bond acceptors (Lipinski definition) is 5. The van der Waals surface area contributed by atoms with Crippen LogP contribution in [0.25, 0.3) is 10.8 Å². The highest BCUT2D eigenvalue weighted by molar-refractivity contribution is 5.94. The van der Waals surface area contributed by atoms with Crippen LogP contribution in [-0.2, 0) is 0 Å². The molecule has 0 unspecified atom stereocenters. The zero-order chi connectivity index (χ0) is 17.2. The van der Waals surface area contributed by atoms with Crippen molar-refractivity contribution in [1.82, 2.24) is 0 Å². The Morgan fingerprint density at radius 2 is 1.52 bits per heavy atom. The summed E-state index contributed by atoms with van der Waals surface area (Å²) in [7, 11) is 0. The summed E-state index contributed by atoms with van der Waals surface area (Å²) in [5.41, 5.74) is 0. The van der Waals surface area contributed by atoms with E-state index in [2.05, 4.69) is 0 Å². The Morgan fingerprint density at radius 3 is 2.20 bits per heavy atom. The minimum absolute atomic E-state index is 0.441. The molecule has 25 heavy (non-hydrogen) atoms. The van der Waals surface area contributed by atoms with Crippen molar-refractivity contribution in [3.63, 3.8) is 0 Å². The third kappa shape index (κ3) is 2.06. The number of benzene rings is 2.